The first-order valence-electron chi connectivity index (χ1n) is 40.9. The fraction of sp³-hybridized carbons (Fsp3) is 0.852. The zero-order valence-corrected chi connectivity index (χ0v) is 65.9. The van der Waals surface area contributed by atoms with Crippen LogP contribution in [0.25, 0.3) is 0 Å². The number of esters is 4. The van der Waals surface area contributed by atoms with E-state index in [1.54, 1.807) is 0 Å². The van der Waals surface area contributed by atoms with Gasteiger partial charge in [0.2, 0.25) is 0 Å². The predicted molar refractivity (Wildman–Crippen MR) is 409 cm³/mol. The second kappa shape index (κ2) is 74.3. The van der Waals surface area contributed by atoms with E-state index in [1.165, 1.54) is 205 Å². The first-order chi connectivity index (χ1) is 48.7. The van der Waals surface area contributed by atoms with E-state index in [-0.39, 0.29) is 25.7 Å². The molecule has 0 aliphatic heterocycles. The molecule has 0 aliphatic rings. The van der Waals surface area contributed by atoms with Gasteiger partial charge in [0.05, 0.1) is 26.4 Å². The average Bonchev–Trinajstić information content (AvgIpc) is 1.15. The summed E-state index contributed by atoms with van der Waals surface area (Å²) in [5.41, 5.74) is 0. The van der Waals surface area contributed by atoms with Crippen molar-refractivity contribution in [3.63, 3.8) is 0 Å². The lowest BCUT2D eigenvalue weighted by Gasteiger charge is -2.21. The molecule has 0 aromatic heterocycles. The number of carbonyl (C=O) groups excluding carboxylic acids is 4. The molecule has 0 aliphatic carbocycles. The van der Waals surface area contributed by atoms with Crippen molar-refractivity contribution < 1.29 is 80.2 Å². The van der Waals surface area contributed by atoms with Crippen molar-refractivity contribution in [2.75, 3.05) is 39.6 Å². The lowest BCUT2D eigenvalue weighted by molar-refractivity contribution is -0.161. The molecule has 0 aromatic rings. The highest BCUT2D eigenvalue weighted by Gasteiger charge is 2.30. The number of allylic oxidation sites excluding steroid dienone is 8. The summed E-state index contributed by atoms with van der Waals surface area (Å²) in [7, 11) is -9.94. The van der Waals surface area contributed by atoms with E-state index in [0.29, 0.717) is 32.1 Å². The summed E-state index contributed by atoms with van der Waals surface area (Å²) in [6, 6.07) is 0. The first kappa shape index (κ1) is 97.0. The van der Waals surface area contributed by atoms with Crippen LogP contribution in [-0.2, 0) is 65.4 Å². The highest BCUT2D eigenvalue weighted by atomic mass is 31.2. The van der Waals surface area contributed by atoms with Crippen LogP contribution in [0, 0.1) is 0 Å². The van der Waals surface area contributed by atoms with Gasteiger partial charge in [-0.15, -0.1) is 0 Å². The van der Waals surface area contributed by atoms with Crippen LogP contribution in [0.3, 0.4) is 0 Å². The Kier molecular flexibility index (Phi) is 72.1. The molecule has 0 saturated heterocycles. The fourth-order valence-corrected chi connectivity index (χ4v) is 13.1. The molecular formula is C81H150O17P2. The zero-order chi connectivity index (χ0) is 73.2. The largest absolute Gasteiger partial charge is 0.472 e. The van der Waals surface area contributed by atoms with E-state index in [9.17, 15) is 43.2 Å². The van der Waals surface area contributed by atoms with Gasteiger partial charge in [0.1, 0.15) is 19.3 Å². The van der Waals surface area contributed by atoms with Crippen LogP contribution in [0.2, 0.25) is 0 Å². The van der Waals surface area contributed by atoms with E-state index < -0.39 is 97.5 Å². The van der Waals surface area contributed by atoms with Crippen molar-refractivity contribution >= 4 is 39.5 Å². The molecular weight excluding hydrogens is 1310 g/mol. The second-order valence-corrected chi connectivity index (χ2v) is 30.6. The van der Waals surface area contributed by atoms with E-state index in [2.05, 4.69) is 64.2 Å². The minimum atomic E-state index is -4.98. The quantitative estimate of drug-likeness (QED) is 0.0169. The number of phosphoric acid groups is 2. The van der Waals surface area contributed by atoms with E-state index in [0.717, 1.165) is 96.3 Å². The lowest BCUT2D eigenvalue weighted by atomic mass is 10.0. The molecule has 17 nitrogen and oxygen atoms in total. The number of phosphoric ester groups is 2. The Bertz CT molecular complexity index is 2080. The minimum absolute atomic E-state index is 0.0917. The molecule has 5 atom stereocenters. The maximum absolute atomic E-state index is 13.1. The van der Waals surface area contributed by atoms with Crippen LogP contribution in [0.5, 0.6) is 0 Å². The van der Waals surface area contributed by atoms with Crippen molar-refractivity contribution in [3.8, 4) is 0 Å². The van der Waals surface area contributed by atoms with Crippen molar-refractivity contribution in [2.45, 2.75) is 406 Å². The van der Waals surface area contributed by atoms with Crippen LogP contribution in [0.1, 0.15) is 387 Å². The molecule has 0 amide bonds. The molecule has 0 radical (unpaired) electrons. The number of rotatable bonds is 78. The van der Waals surface area contributed by atoms with Crippen LogP contribution >= 0.6 is 15.6 Å². The number of aliphatic hydroxyl groups excluding tert-OH is 1. The van der Waals surface area contributed by atoms with Gasteiger partial charge in [0, 0.05) is 25.7 Å². The smallest absolute Gasteiger partial charge is 0.462 e. The van der Waals surface area contributed by atoms with Gasteiger partial charge in [-0.05, 0) is 64.2 Å². The molecule has 0 aromatic carbocycles. The van der Waals surface area contributed by atoms with Crippen molar-refractivity contribution in [1.29, 1.82) is 0 Å². The predicted octanol–water partition coefficient (Wildman–Crippen LogP) is 23.7. The van der Waals surface area contributed by atoms with Gasteiger partial charge in [0.15, 0.2) is 12.2 Å². The number of ether oxygens (including phenoxy) is 4. The van der Waals surface area contributed by atoms with Crippen LogP contribution in [0.15, 0.2) is 48.6 Å². The summed E-state index contributed by atoms with van der Waals surface area (Å²) < 4.78 is 68.6. The average molecular weight is 1460 g/mol. The van der Waals surface area contributed by atoms with Gasteiger partial charge in [0.25, 0.3) is 0 Å². The highest BCUT2D eigenvalue weighted by Crippen LogP contribution is 2.45. The van der Waals surface area contributed by atoms with E-state index >= 15 is 0 Å². The summed E-state index contributed by atoms with van der Waals surface area (Å²) in [6.07, 6.45) is 72.3. The molecule has 0 rings (SSSR count). The Hall–Kier alpha value is -2.98. The lowest BCUT2D eigenvalue weighted by Crippen LogP contribution is -2.30. The number of hydrogen-bond acceptors (Lipinski definition) is 15. The Morgan fingerprint density at radius 2 is 0.500 bits per heavy atom. The zero-order valence-electron chi connectivity index (χ0n) is 64.1. The maximum atomic E-state index is 13.1. The first-order valence-corrected chi connectivity index (χ1v) is 43.9. The summed E-state index contributed by atoms with van der Waals surface area (Å²) >= 11 is 0. The van der Waals surface area contributed by atoms with Crippen LogP contribution in [-0.4, -0.2) is 96.7 Å². The molecule has 0 saturated carbocycles. The van der Waals surface area contributed by atoms with Gasteiger partial charge in [-0.2, -0.15) is 0 Å². The maximum Gasteiger partial charge on any atom is 0.472 e. The molecule has 0 fully saturated rings. The Labute approximate surface area is 610 Å². The Morgan fingerprint density at radius 1 is 0.280 bits per heavy atom. The van der Waals surface area contributed by atoms with E-state index in [4.69, 9.17) is 37.0 Å². The van der Waals surface area contributed by atoms with Crippen LogP contribution in [0.4, 0.5) is 0 Å². The third kappa shape index (κ3) is 73.3. The molecule has 586 valence electrons. The molecule has 2 unspecified atom stereocenters. The third-order valence-electron chi connectivity index (χ3n) is 17.8. The summed E-state index contributed by atoms with van der Waals surface area (Å²) in [5.74, 6) is -2.19. The van der Waals surface area contributed by atoms with Crippen molar-refractivity contribution in [3.05, 3.63) is 48.6 Å². The van der Waals surface area contributed by atoms with Gasteiger partial charge in [-0.25, -0.2) is 9.13 Å². The molecule has 3 N–H and O–H groups in total. The molecule has 0 heterocycles. The fourth-order valence-electron chi connectivity index (χ4n) is 11.6. The van der Waals surface area contributed by atoms with Crippen molar-refractivity contribution in [1.82, 2.24) is 0 Å². The standard InChI is InChI=1S/C81H150O17P2/c1-5-9-13-17-21-25-29-33-35-37-39-43-46-50-54-58-62-66-79(84)92-72-77(98-81(86)68-64-60-56-52-48-44-40-38-36-34-30-26-22-18-14-10-6-2)74-96-100(89,90)94-70-75(82)69-93-99(87,88)95-73-76(97-80(85)67-63-59-55-51-47-42-32-28-24-20-16-12-8-4)71-91-78(83)65-61-57-53-49-45-41-31-27-23-19-15-11-7-3/h21,25,33,35,39,43,50,54,75-77,82H,5-20,22-24,26-32,34,36-38,40-42,44-49,51-53,55-74H2,1-4H3,(H,87,88)(H,89,90)/b25-21-,35-33-,43-39-,54-50-/t75-,76-,77-/m1/s1. The second-order valence-electron chi connectivity index (χ2n) is 27.7. The van der Waals surface area contributed by atoms with E-state index in [1.807, 2.05) is 12.2 Å². The summed E-state index contributed by atoms with van der Waals surface area (Å²) in [6.45, 7) is 4.89. The summed E-state index contributed by atoms with van der Waals surface area (Å²) in [4.78, 5) is 73.0. The highest BCUT2D eigenvalue weighted by molar-refractivity contribution is 7.47. The van der Waals surface area contributed by atoms with Crippen molar-refractivity contribution in [2.24, 2.45) is 0 Å². The number of carbonyl (C=O) groups is 4. The van der Waals surface area contributed by atoms with Gasteiger partial charge < -0.3 is 33.8 Å². The van der Waals surface area contributed by atoms with Crippen LogP contribution < -0.4 is 0 Å². The Balaban J connectivity index is 5.34. The third-order valence-corrected chi connectivity index (χ3v) is 19.7. The Morgan fingerprint density at radius 3 is 0.790 bits per heavy atom. The SMILES string of the molecule is CCCCC/C=C\C/C=C\C/C=C\C/C=C\CCCC(=O)OC[C@H](COP(=O)(O)OC[C@H](O)COP(=O)(O)OC[C@@H](COC(=O)CCCCCCCCCCCCCCC)OC(=O)CCCCCCCCCCCCCCC)OC(=O)CCCCCCCCCCCCCCCCCCC. The number of aliphatic hydroxyl groups is 1. The minimum Gasteiger partial charge on any atom is -0.462 e. The van der Waals surface area contributed by atoms with Gasteiger partial charge in [-0.1, -0.05) is 346 Å². The van der Waals surface area contributed by atoms with Gasteiger partial charge in [-0.3, -0.25) is 37.3 Å². The molecule has 100 heavy (non-hydrogen) atoms. The molecule has 0 spiro atoms. The normalized spacial score (nSPS) is 14.1. The summed E-state index contributed by atoms with van der Waals surface area (Å²) in [5, 5.41) is 10.6. The molecule has 0 bridgehead atoms. The molecule has 19 heteroatoms. The van der Waals surface area contributed by atoms with Gasteiger partial charge >= 0.3 is 39.5 Å². The monoisotopic (exact) mass is 1460 g/mol. The topological polar surface area (TPSA) is 237 Å². The number of unbranched alkanes of at least 4 members (excludes halogenated alkanes) is 44. The number of hydrogen-bond donors (Lipinski definition) is 3.